The van der Waals surface area contributed by atoms with Crippen LogP contribution in [0.5, 0.6) is 0 Å². The molecule has 1 amide bonds. The number of amides is 1. The van der Waals surface area contributed by atoms with Crippen molar-refractivity contribution in [2.45, 2.75) is 20.3 Å². The maximum Gasteiger partial charge on any atom is 0.224 e. The average molecular weight is 194 g/mol. The first-order valence-electron chi connectivity index (χ1n) is 4.44. The number of nitrogens with zero attached hydrogens (tertiary/aromatic N) is 1. The van der Waals surface area contributed by atoms with Gasteiger partial charge in [-0.2, -0.15) is 0 Å². The maximum atomic E-state index is 11.3. The number of carbonyl (C=O) groups is 1. The zero-order valence-electron chi connectivity index (χ0n) is 8.46. The van der Waals surface area contributed by atoms with E-state index in [1.54, 1.807) is 13.0 Å². The standard InChI is InChI=1S/C10H14N2O2/c1-4-5-11-10(13)6-9-7(2)12-14-8(9)3/h4H,1,5-6H2,2-3H3,(H,11,13). The summed E-state index contributed by atoms with van der Waals surface area (Å²) >= 11 is 0. The first kappa shape index (κ1) is 10.5. The molecule has 0 radical (unpaired) electrons. The topological polar surface area (TPSA) is 55.1 Å². The lowest BCUT2D eigenvalue weighted by Crippen LogP contribution is -2.25. The van der Waals surface area contributed by atoms with Crippen molar-refractivity contribution < 1.29 is 9.32 Å². The normalized spacial score (nSPS) is 9.86. The van der Waals surface area contributed by atoms with Crippen molar-refractivity contribution in [3.8, 4) is 0 Å². The third-order valence-corrected chi connectivity index (χ3v) is 1.96. The van der Waals surface area contributed by atoms with E-state index in [1.165, 1.54) is 0 Å². The molecule has 76 valence electrons. The lowest BCUT2D eigenvalue weighted by atomic mass is 10.1. The van der Waals surface area contributed by atoms with Crippen LogP contribution in [0.15, 0.2) is 17.2 Å². The molecule has 1 aromatic heterocycles. The molecule has 0 unspecified atom stereocenters. The average Bonchev–Trinajstić information content (AvgIpc) is 2.46. The third kappa shape index (κ3) is 2.45. The summed E-state index contributed by atoms with van der Waals surface area (Å²) in [5.74, 6) is 0.663. The van der Waals surface area contributed by atoms with Gasteiger partial charge in [0.25, 0.3) is 0 Å². The second-order valence-corrected chi connectivity index (χ2v) is 3.07. The number of aromatic nitrogens is 1. The van der Waals surface area contributed by atoms with Crippen LogP contribution < -0.4 is 5.32 Å². The van der Waals surface area contributed by atoms with Gasteiger partial charge >= 0.3 is 0 Å². The number of hydrogen-bond acceptors (Lipinski definition) is 3. The van der Waals surface area contributed by atoms with E-state index in [4.69, 9.17) is 4.52 Å². The minimum atomic E-state index is -0.0423. The van der Waals surface area contributed by atoms with Crippen LogP contribution in [-0.2, 0) is 11.2 Å². The maximum absolute atomic E-state index is 11.3. The molecule has 1 heterocycles. The molecule has 1 rings (SSSR count). The third-order valence-electron chi connectivity index (χ3n) is 1.96. The fourth-order valence-electron chi connectivity index (χ4n) is 1.16. The molecule has 0 spiro atoms. The van der Waals surface area contributed by atoms with Crippen LogP contribution in [0.25, 0.3) is 0 Å². The van der Waals surface area contributed by atoms with Crippen molar-refractivity contribution in [3.63, 3.8) is 0 Å². The molecule has 0 saturated heterocycles. The lowest BCUT2D eigenvalue weighted by Gasteiger charge is -2.00. The SMILES string of the molecule is C=CCNC(=O)Cc1c(C)noc1C. The van der Waals surface area contributed by atoms with Crippen molar-refractivity contribution in [2.24, 2.45) is 0 Å². The van der Waals surface area contributed by atoms with Crippen LogP contribution in [0, 0.1) is 13.8 Å². The molecule has 0 aromatic carbocycles. The molecule has 0 bridgehead atoms. The number of nitrogens with one attached hydrogen (secondary N) is 1. The summed E-state index contributed by atoms with van der Waals surface area (Å²) in [6.07, 6.45) is 1.96. The summed E-state index contributed by atoms with van der Waals surface area (Å²) in [5, 5.41) is 6.47. The Morgan fingerprint density at radius 3 is 2.86 bits per heavy atom. The molecule has 0 aliphatic rings. The van der Waals surface area contributed by atoms with E-state index < -0.39 is 0 Å². The first-order valence-corrected chi connectivity index (χ1v) is 4.44. The minimum absolute atomic E-state index is 0.0423. The summed E-state index contributed by atoms with van der Waals surface area (Å²) in [6, 6.07) is 0. The monoisotopic (exact) mass is 194 g/mol. The second kappa shape index (κ2) is 4.60. The Bertz CT molecular complexity index is 322. The number of carbonyl (C=O) groups excluding carboxylic acids is 1. The van der Waals surface area contributed by atoms with E-state index in [0.717, 1.165) is 11.3 Å². The van der Waals surface area contributed by atoms with E-state index in [0.29, 0.717) is 18.7 Å². The predicted octanol–water partition coefficient (Wildman–Crippen LogP) is 1.14. The highest BCUT2D eigenvalue weighted by Gasteiger charge is 2.12. The molecule has 14 heavy (non-hydrogen) atoms. The van der Waals surface area contributed by atoms with Crippen LogP contribution in [0.3, 0.4) is 0 Å². The highest BCUT2D eigenvalue weighted by atomic mass is 16.5. The number of rotatable bonds is 4. The molecule has 4 heteroatoms. The second-order valence-electron chi connectivity index (χ2n) is 3.07. The Kier molecular flexibility index (Phi) is 3.45. The quantitative estimate of drug-likeness (QED) is 0.731. The Hall–Kier alpha value is -1.58. The van der Waals surface area contributed by atoms with E-state index in [-0.39, 0.29) is 5.91 Å². The van der Waals surface area contributed by atoms with Crippen molar-refractivity contribution in [2.75, 3.05) is 6.54 Å². The molecule has 0 atom stereocenters. The van der Waals surface area contributed by atoms with Crippen molar-refractivity contribution in [1.82, 2.24) is 10.5 Å². The van der Waals surface area contributed by atoms with Gasteiger partial charge in [-0.1, -0.05) is 11.2 Å². The van der Waals surface area contributed by atoms with Crippen LogP contribution in [0.1, 0.15) is 17.0 Å². The van der Waals surface area contributed by atoms with E-state index in [2.05, 4.69) is 17.1 Å². The minimum Gasteiger partial charge on any atom is -0.361 e. The molecule has 0 saturated carbocycles. The molecule has 0 fully saturated rings. The van der Waals surface area contributed by atoms with Gasteiger partial charge in [-0.05, 0) is 13.8 Å². The Morgan fingerprint density at radius 2 is 2.36 bits per heavy atom. The van der Waals surface area contributed by atoms with E-state index in [9.17, 15) is 4.79 Å². The van der Waals surface area contributed by atoms with Crippen molar-refractivity contribution in [3.05, 3.63) is 29.7 Å². The fraction of sp³-hybridized carbons (Fsp3) is 0.400. The fourth-order valence-corrected chi connectivity index (χ4v) is 1.16. The Morgan fingerprint density at radius 1 is 1.64 bits per heavy atom. The van der Waals surface area contributed by atoms with Gasteiger partial charge in [0, 0.05) is 12.1 Å². The highest BCUT2D eigenvalue weighted by Crippen LogP contribution is 2.12. The predicted molar refractivity (Wildman–Crippen MR) is 52.9 cm³/mol. The van der Waals surface area contributed by atoms with Gasteiger partial charge in [-0.15, -0.1) is 6.58 Å². The summed E-state index contributed by atoms with van der Waals surface area (Å²) in [4.78, 5) is 11.3. The number of hydrogen-bond donors (Lipinski definition) is 1. The van der Waals surface area contributed by atoms with Gasteiger partial charge in [-0.25, -0.2) is 0 Å². The summed E-state index contributed by atoms with van der Waals surface area (Å²) < 4.78 is 4.95. The van der Waals surface area contributed by atoms with E-state index in [1.807, 2.05) is 6.92 Å². The summed E-state index contributed by atoms with van der Waals surface area (Å²) in [5.41, 5.74) is 1.64. The van der Waals surface area contributed by atoms with Crippen molar-refractivity contribution >= 4 is 5.91 Å². The van der Waals surface area contributed by atoms with Crippen LogP contribution in [0.2, 0.25) is 0 Å². The molecule has 0 aliphatic heterocycles. The molecular formula is C10H14N2O2. The van der Waals surface area contributed by atoms with Crippen molar-refractivity contribution in [1.29, 1.82) is 0 Å². The molecule has 4 nitrogen and oxygen atoms in total. The number of aryl methyl sites for hydroxylation is 2. The van der Waals surface area contributed by atoms with Gasteiger partial charge in [0.1, 0.15) is 5.76 Å². The molecule has 1 aromatic rings. The van der Waals surface area contributed by atoms with Gasteiger partial charge < -0.3 is 9.84 Å². The Labute approximate surface area is 83.0 Å². The zero-order valence-corrected chi connectivity index (χ0v) is 8.46. The lowest BCUT2D eigenvalue weighted by molar-refractivity contribution is -0.120. The first-order chi connectivity index (χ1) is 6.65. The van der Waals surface area contributed by atoms with Crippen LogP contribution in [-0.4, -0.2) is 17.6 Å². The summed E-state index contributed by atoms with van der Waals surface area (Å²) in [7, 11) is 0. The molecule has 0 aliphatic carbocycles. The molecule has 1 N–H and O–H groups in total. The van der Waals surface area contributed by atoms with Gasteiger partial charge in [-0.3, -0.25) is 4.79 Å². The molecular weight excluding hydrogens is 180 g/mol. The van der Waals surface area contributed by atoms with Crippen LogP contribution in [0.4, 0.5) is 0 Å². The Balaban J connectivity index is 2.59. The van der Waals surface area contributed by atoms with Gasteiger partial charge in [0.05, 0.1) is 12.1 Å². The van der Waals surface area contributed by atoms with Crippen LogP contribution >= 0.6 is 0 Å². The largest absolute Gasteiger partial charge is 0.361 e. The van der Waals surface area contributed by atoms with E-state index >= 15 is 0 Å². The smallest absolute Gasteiger partial charge is 0.224 e. The zero-order chi connectivity index (χ0) is 10.6. The highest BCUT2D eigenvalue weighted by molar-refractivity contribution is 5.79. The van der Waals surface area contributed by atoms with Gasteiger partial charge in [0.15, 0.2) is 0 Å². The van der Waals surface area contributed by atoms with Gasteiger partial charge in [0.2, 0.25) is 5.91 Å². The summed E-state index contributed by atoms with van der Waals surface area (Å²) in [6.45, 7) is 7.64.